The summed E-state index contributed by atoms with van der Waals surface area (Å²) in [5.74, 6) is 0.0223. The number of benzene rings is 1. The van der Waals surface area contributed by atoms with E-state index in [2.05, 4.69) is 10.6 Å². The Balaban J connectivity index is 1.87. The lowest BCUT2D eigenvalue weighted by atomic mass is 9.85. The van der Waals surface area contributed by atoms with Gasteiger partial charge in [-0.15, -0.1) is 0 Å². The third-order valence-electron chi connectivity index (χ3n) is 4.28. The van der Waals surface area contributed by atoms with Crippen LogP contribution in [0.5, 0.6) is 0 Å². The van der Waals surface area contributed by atoms with Gasteiger partial charge >= 0.3 is 0 Å². The van der Waals surface area contributed by atoms with Gasteiger partial charge in [-0.1, -0.05) is 25.5 Å². The van der Waals surface area contributed by atoms with Crippen molar-refractivity contribution in [1.29, 1.82) is 0 Å². The van der Waals surface area contributed by atoms with E-state index in [-0.39, 0.29) is 23.8 Å². The first-order valence-electron chi connectivity index (χ1n) is 8.50. The highest BCUT2D eigenvalue weighted by molar-refractivity contribution is 5.94. The normalized spacial score (nSPS) is 20.8. The molecule has 4 N–H and O–H groups in total. The van der Waals surface area contributed by atoms with E-state index < -0.39 is 0 Å². The largest absolute Gasteiger partial charge is 0.352 e. The Morgan fingerprint density at radius 3 is 2.83 bits per heavy atom. The van der Waals surface area contributed by atoms with Gasteiger partial charge in [0.15, 0.2) is 0 Å². The lowest BCUT2D eigenvalue weighted by molar-refractivity contribution is -0.126. The van der Waals surface area contributed by atoms with Crippen LogP contribution in [-0.2, 0) is 11.3 Å². The third-order valence-corrected chi connectivity index (χ3v) is 4.28. The Morgan fingerprint density at radius 2 is 2.09 bits per heavy atom. The zero-order valence-corrected chi connectivity index (χ0v) is 13.8. The molecule has 1 aliphatic rings. The zero-order chi connectivity index (χ0) is 16.7. The zero-order valence-electron chi connectivity index (χ0n) is 13.8. The second kappa shape index (κ2) is 8.67. The fourth-order valence-corrected chi connectivity index (χ4v) is 2.96. The molecular formula is C18H27N3O2. The standard InChI is InChI=1S/C18H27N3O2/c1-2-9-20-17(22)14-6-3-5-13(10-14)12-21-18(23)15-7-4-8-16(19)11-15/h3,5-6,10,15-16H,2,4,7-9,11-12,19H2,1H3,(H,20,22)(H,21,23). The van der Waals surface area contributed by atoms with Gasteiger partial charge in [-0.05, 0) is 43.4 Å². The second-order valence-corrected chi connectivity index (χ2v) is 6.30. The van der Waals surface area contributed by atoms with Crippen LogP contribution in [0.4, 0.5) is 0 Å². The van der Waals surface area contributed by atoms with E-state index in [0.717, 1.165) is 37.7 Å². The molecule has 2 rings (SSSR count). The second-order valence-electron chi connectivity index (χ2n) is 6.30. The van der Waals surface area contributed by atoms with E-state index in [4.69, 9.17) is 5.73 Å². The number of amides is 2. The van der Waals surface area contributed by atoms with Crippen molar-refractivity contribution in [1.82, 2.24) is 10.6 Å². The lowest BCUT2D eigenvalue weighted by Gasteiger charge is -2.25. The van der Waals surface area contributed by atoms with Crippen LogP contribution in [0.15, 0.2) is 24.3 Å². The van der Waals surface area contributed by atoms with E-state index in [1.165, 1.54) is 0 Å². The quantitative estimate of drug-likeness (QED) is 0.750. The molecule has 2 atom stereocenters. The number of hydrogen-bond acceptors (Lipinski definition) is 3. The topological polar surface area (TPSA) is 84.2 Å². The molecule has 0 spiro atoms. The van der Waals surface area contributed by atoms with Crippen molar-refractivity contribution in [2.45, 2.75) is 51.6 Å². The molecule has 126 valence electrons. The summed E-state index contributed by atoms with van der Waals surface area (Å²) in [6, 6.07) is 7.53. The molecule has 5 nitrogen and oxygen atoms in total. The van der Waals surface area contributed by atoms with Crippen LogP contribution >= 0.6 is 0 Å². The molecular weight excluding hydrogens is 290 g/mol. The van der Waals surface area contributed by atoms with Gasteiger partial charge in [-0.25, -0.2) is 0 Å². The molecule has 1 aromatic rings. The molecule has 5 heteroatoms. The highest BCUT2D eigenvalue weighted by atomic mass is 16.2. The van der Waals surface area contributed by atoms with Gasteiger partial charge < -0.3 is 16.4 Å². The van der Waals surface area contributed by atoms with Crippen molar-refractivity contribution in [3.8, 4) is 0 Å². The maximum absolute atomic E-state index is 12.2. The number of hydrogen-bond donors (Lipinski definition) is 3. The predicted octanol–water partition coefficient (Wildman–Crippen LogP) is 1.96. The van der Waals surface area contributed by atoms with Gasteiger partial charge in [0.05, 0.1) is 0 Å². The van der Waals surface area contributed by atoms with Gasteiger partial charge in [0.2, 0.25) is 5.91 Å². The summed E-state index contributed by atoms with van der Waals surface area (Å²) in [5.41, 5.74) is 7.50. The third kappa shape index (κ3) is 5.36. The van der Waals surface area contributed by atoms with Crippen LogP contribution in [-0.4, -0.2) is 24.4 Å². The molecule has 0 heterocycles. The number of carbonyl (C=O) groups is 2. The first kappa shape index (κ1) is 17.5. The summed E-state index contributed by atoms with van der Waals surface area (Å²) in [7, 11) is 0. The Hall–Kier alpha value is -1.88. The van der Waals surface area contributed by atoms with E-state index in [1.54, 1.807) is 6.07 Å². The molecule has 0 aromatic heterocycles. The maximum Gasteiger partial charge on any atom is 0.251 e. The minimum Gasteiger partial charge on any atom is -0.352 e. The van der Waals surface area contributed by atoms with Crippen LogP contribution in [0.1, 0.15) is 54.9 Å². The number of rotatable bonds is 6. The minimum absolute atomic E-state index is 0.0229. The highest BCUT2D eigenvalue weighted by Crippen LogP contribution is 2.23. The van der Waals surface area contributed by atoms with Gasteiger partial charge in [-0.2, -0.15) is 0 Å². The molecule has 2 unspecified atom stereocenters. The van der Waals surface area contributed by atoms with Gasteiger partial charge in [0.1, 0.15) is 0 Å². The van der Waals surface area contributed by atoms with Gasteiger partial charge in [0, 0.05) is 30.6 Å². The molecule has 1 aromatic carbocycles. The Kier molecular flexibility index (Phi) is 6.59. The summed E-state index contributed by atoms with van der Waals surface area (Å²) in [5, 5.41) is 5.83. The van der Waals surface area contributed by atoms with Crippen molar-refractivity contribution < 1.29 is 9.59 Å². The van der Waals surface area contributed by atoms with Crippen molar-refractivity contribution in [3.05, 3.63) is 35.4 Å². The minimum atomic E-state index is -0.0710. The van der Waals surface area contributed by atoms with Crippen LogP contribution in [0.3, 0.4) is 0 Å². The SMILES string of the molecule is CCCNC(=O)c1cccc(CNC(=O)C2CCCC(N)C2)c1. The first-order chi connectivity index (χ1) is 11.1. The molecule has 0 bridgehead atoms. The first-order valence-corrected chi connectivity index (χ1v) is 8.50. The lowest BCUT2D eigenvalue weighted by Crippen LogP contribution is -2.37. The maximum atomic E-state index is 12.2. The van der Waals surface area contributed by atoms with E-state index in [0.29, 0.717) is 18.7 Å². The van der Waals surface area contributed by atoms with Crippen molar-refractivity contribution in [3.63, 3.8) is 0 Å². The van der Waals surface area contributed by atoms with Crippen LogP contribution in [0.2, 0.25) is 0 Å². The van der Waals surface area contributed by atoms with Crippen molar-refractivity contribution in [2.24, 2.45) is 11.7 Å². The predicted molar refractivity (Wildman–Crippen MR) is 90.8 cm³/mol. The molecule has 1 saturated carbocycles. The molecule has 1 aliphatic carbocycles. The van der Waals surface area contributed by atoms with Gasteiger partial charge in [0.25, 0.3) is 5.91 Å². The van der Waals surface area contributed by atoms with Crippen LogP contribution in [0.25, 0.3) is 0 Å². The molecule has 2 amide bonds. The van der Waals surface area contributed by atoms with E-state index in [1.807, 2.05) is 25.1 Å². The smallest absolute Gasteiger partial charge is 0.251 e. The van der Waals surface area contributed by atoms with Crippen LogP contribution in [0, 0.1) is 5.92 Å². The van der Waals surface area contributed by atoms with Crippen molar-refractivity contribution >= 4 is 11.8 Å². The number of carbonyl (C=O) groups excluding carboxylic acids is 2. The number of nitrogens with one attached hydrogen (secondary N) is 2. The summed E-state index contributed by atoms with van der Waals surface area (Å²) in [6.45, 7) is 3.13. The Morgan fingerprint density at radius 1 is 1.26 bits per heavy atom. The van der Waals surface area contributed by atoms with Gasteiger partial charge in [-0.3, -0.25) is 9.59 Å². The average Bonchev–Trinajstić information content (AvgIpc) is 2.57. The molecule has 1 fully saturated rings. The van der Waals surface area contributed by atoms with E-state index >= 15 is 0 Å². The summed E-state index contributed by atoms with van der Waals surface area (Å²) in [4.78, 5) is 24.2. The molecule has 23 heavy (non-hydrogen) atoms. The Bertz CT molecular complexity index is 545. The fourth-order valence-electron chi connectivity index (χ4n) is 2.96. The van der Waals surface area contributed by atoms with Crippen molar-refractivity contribution in [2.75, 3.05) is 6.54 Å². The molecule has 0 aliphatic heterocycles. The number of nitrogens with two attached hydrogens (primary N) is 1. The monoisotopic (exact) mass is 317 g/mol. The summed E-state index contributed by atoms with van der Waals surface area (Å²) < 4.78 is 0. The average molecular weight is 317 g/mol. The molecule has 0 saturated heterocycles. The van der Waals surface area contributed by atoms with E-state index in [9.17, 15) is 9.59 Å². The summed E-state index contributed by atoms with van der Waals surface area (Å²) >= 11 is 0. The summed E-state index contributed by atoms with van der Waals surface area (Å²) in [6.07, 6.45) is 4.63. The van der Waals surface area contributed by atoms with Crippen LogP contribution < -0.4 is 16.4 Å². The Labute approximate surface area is 138 Å². The fraction of sp³-hybridized carbons (Fsp3) is 0.556. The highest BCUT2D eigenvalue weighted by Gasteiger charge is 2.24. The molecule has 0 radical (unpaired) electrons.